The van der Waals surface area contributed by atoms with E-state index in [1.165, 1.54) is 17.1 Å². The molecule has 0 N–H and O–H groups in total. The highest BCUT2D eigenvalue weighted by molar-refractivity contribution is 7.99. The Morgan fingerprint density at radius 3 is 2.78 bits per heavy atom. The summed E-state index contributed by atoms with van der Waals surface area (Å²) in [5, 5.41) is 0. The first-order valence-electron chi connectivity index (χ1n) is 7.85. The van der Waals surface area contributed by atoms with Crippen molar-refractivity contribution < 1.29 is 9.47 Å². The van der Waals surface area contributed by atoms with Gasteiger partial charge in [0, 0.05) is 42.9 Å². The zero-order valence-electron chi connectivity index (χ0n) is 13.4. The van der Waals surface area contributed by atoms with Crippen molar-refractivity contribution in [2.24, 2.45) is 0 Å². The molecule has 0 amide bonds. The first-order valence-corrected chi connectivity index (χ1v) is 9.00. The van der Waals surface area contributed by atoms with Crippen LogP contribution >= 0.6 is 11.8 Å². The van der Waals surface area contributed by atoms with Crippen LogP contribution in [0.3, 0.4) is 0 Å². The van der Waals surface area contributed by atoms with Gasteiger partial charge >= 0.3 is 0 Å². The summed E-state index contributed by atoms with van der Waals surface area (Å²) >= 11 is 2.02. The van der Waals surface area contributed by atoms with Crippen molar-refractivity contribution in [3.63, 3.8) is 0 Å². The molecule has 0 radical (unpaired) electrons. The highest BCUT2D eigenvalue weighted by atomic mass is 32.2. The molecule has 1 saturated heterocycles. The van der Waals surface area contributed by atoms with Crippen molar-refractivity contribution in [1.82, 2.24) is 9.88 Å². The second kappa shape index (κ2) is 8.22. The van der Waals surface area contributed by atoms with Crippen molar-refractivity contribution in [3.8, 4) is 11.5 Å². The molecule has 1 aromatic heterocycles. The highest BCUT2D eigenvalue weighted by Crippen LogP contribution is 2.27. The van der Waals surface area contributed by atoms with Crippen LogP contribution in [0.1, 0.15) is 11.3 Å². The van der Waals surface area contributed by atoms with Crippen LogP contribution in [0.15, 0.2) is 42.6 Å². The van der Waals surface area contributed by atoms with E-state index in [2.05, 4.69) is 16.0 Å². The Bertz CT molecular complexity index is 616. The molecule has 0 saturated carbocycles. The third-order valence-electron chi connectivity index (χ3n) is 3.87. The molecule has 1 aromatic carbocycles. The zero-order valence-corrected chi connectivity index (χ0v) is 14.2. The number of nitrogens with zero attached hydrogens (tertiary/aromatic N) is 2. The fourth-order valence-electron chi connectivity index (χ4n) is 2.58. The lowest BCUT2D eigenvalue weighted by Crippen LogP contribution is -2.32. The second-order valence-corrected chi connectivity index (χ2v) is 6.70. The fourth-order valence-corrected chi connectivity index (χ4v) is 3.56. The number of pyridine rings is 1. The number of rotatable bonds is 6. The summed E-state index contributed by atoms with van der Waals surface area (Å²) in [4.78, 5) is 6.78. The van der Waals surface area contributed by atoms with Crippen molar-refractivity contribution >= 4 is 11.8 Å². The molecule has 5 heteroatoms. The van der Waals surface area contributed by atoms with E-state index in [0.717, 1.165) is 36.8 Å². The van der Waals surface area contributed by atoms with Crippen LogP contribution < -0.4 is 9.47 Å². The summed E-state index contributed by atoms with van der Waals surface area (Å²) in [6, 6.07) is 11.9. The largest absolute Gasteiger partial charge is 0.497 e. The Labute approximate surface area is 141 Å². The summed E-state index contributed by atoms with van der Waals surface area (Å²) in [6.07, 6.45) is 1.79. The van der Waals surface area contributed by atoms with E-state index in [9.17, 15) is 0 Å². The Hall–Kier alpha value is -1.72. The van der Waals surface area contributed by atoms with E-state index < -0.39 is 0 Å². The monoisotopic (exact) mass is 330 g/mol. The maximum absolute atomic E-state index is 6.01. The molecule has 0 unspecified atom stereocenters. The van der Waals surface area contributed by atoms with Crippen molar-refractivity contribution in [3.05, 3.63) is 53.9 Å². The zero-order chi connectivity index (χ0) is 15.9. The minimum absolute atomic E-state index is 0.482. The van der Waals surface area contributed by atoms with Gasteiger partial charge in [-0.2, -0.15) is 11.8 Å². The lowest BCUT2D eigenvalue weighted by Gasteiger charge is -2.27. The predicted molar refractivity (Wildman–Crippen MR) is 94.2 cm³/mol. The standard InChI is InChI=1S/C18H22N2O2S/c1-21-17-5-6-18(22-14-16-4-2-3-7-19-16)15(12-17)13-20-8-10-23-11-9-20/h2-7,12H,8-11,13-14H2,1H3. The number of thioether (sulfide) groups is 1. The number of hydrogen-bond acceptors (Lipinski definition) is 5. The summed E-state index contributed by atoms with van der Waals surface area (Å²) in [5.74, 6) is 4.19. The van der Waals surface area contributed by atoms with Gasteiger partial charge in [-0.3, -0.25) is 9.88 Å². The lowest BCUT2D eigenvalue weighted by molar-refractivity contribution is 0.268. The summed E-state index contributed by atoms with van der Waals surface area (Å²) < 4.78 is 11.4. The molecule has 2 aromatic rings. The summed E-state index contributed by atoms with van der Waals surface area (Å²) in [5.41, 5.74) is 2.11. The van der Waals surface area contributed by atoms with Gasteiger partial charge in [0.1, 0.15) is 18.1 Å². The molecule has 0 aliphatic carbocycles. The fraction of sp³-hybridized carbons (Fsp3) is 0.389. The highest BCUT2D eigenvalue weighted by Gasteiger charge is 2.14. The molecule has 23 heavy (non-hydrogen) atoms. The lowest BCUT2D eigenvalue weighted by atomic mass is 10.1. The van der Waals surface area contributed by atoms with Gasteiger partial charge in [0.2, 0.25) is 0 Å². The smallest absolute Gasteiger partial charge is 0.130 e. The quantitative estimate of drug-likeness (QED) is 0.812. The molecule has 1 aliphatic heterocycles. The molecule has 0 bridgehead atoms. The van der Waals surface area contributed by atoms with Crippen LogP contribution in [0.2, 0.25) is 0 Å². The Morgan fingerprint density at radius 2 is 2.04 bits per heavy atom. The van der Waals surface area contributed by atoms with E-state index in [1.807, 2.05) is 42.1 Å². The number of benzene rings is 1. The van der Waals surface area contributed by atoms with E-state index in [1.54, 1.807) is 13.3 Å². The number of aromatic nitrogens is 1. The first-order chi connectivity index (χ1) is 11.3. The van der Waals surface area contributed by atoms with Gasteiger partial charge in [0.25, 0.3) is 0 Å². The minimum Gasteiger partial charge on any atom is -0.497 e. The van der Waals surface area contributed by atoms with Gasteiger partial charge in [0.15, 0.2) is 0 Å². The molecule has 0 spiro atoms. The Balaban J connectivity index is 1.72. The van der Waals surface area contributed by atoms with E-state index in [4.69, 9.17) is 9.47 Å². The van der Waals surface area contributed by atoms with Crippen LogP contribution in [0.4, 0.5) is 0 Å². The molecule has 1 fully saturated rings. The van der Waals surface area contributed by atoms with E-state index in [0.29, 0.717) is 6.61 Å². The van der Waals surface area contributed by atoms with Gasteiger partial charge in [-0.25, -0.2) is 0 Å². The maximum Gasteiger partial charge on any atom is 0.130 e. The molecular weight excluding hydrogens is 308 g/mol. The van der Waals surface area contributed by atoms with Gasteiger partial charge in [0.05, 0.1) is 12.8 Å². The minimum atomic E-state index is 0.482. The molecule has 0 atom stereocenters. The van der Waals surface area contributed by atoms with Crippen LogP contribution in [0, 0.1) is 0 Å². The average molecular weight is 330 g/mol. The topological polar surface area (TPSA) is 34.6 Å². The van der Waals surface area contributed by atoms with Gasteiger partial charge in [-0.15, -0.1) is 0 Å². The first kappa shape index (κ1) is 16.1. The Kier molecular flexibility index (Phi) is 5.77. The molecule has 122 valence electrons. The summed E-state index contributed by atoms with van der Waals surface area (Å²) in [6.45, 7) is 3.63. The van der Waals surface area contributed by atoms with Gasteiger partial charge < -0.3 is 9.47 Å². The number of methoxy groups -OCH3 is 1. The van der Waals surface area contributed by atoms with Crippen molar-refractivity contribution in [1.29, 1.82) is 0 Å². The third-order valence-corrected chi connectivity index (χ3v) is 4.81. The average Bonchev–Trinajstić information content (AvgIpc) is 2.62. The van der Waals surface area contributed by atoms with E-state index >= 15 is 0 Å². The maximum atomic E-state index is 6.01. The molecule has 2 heterocycles. The third kappa shape index (κ3) is 4.62. The van der Waals surface area contributed by atoms with Gasteiger partial charge in [-0.1, -0.05) is 6.07 Å². The normalized spacial score (nSPS) is 15.3. The Morgan fingerprint density at radius 1 is 1.17 bits per heavy atom. The number of hydrogen-bond donors (Lipinski definition) is 0. The summed E-state index contributed by atoms with van der Waals surface area (Å²) in [7, 11) is 1.70. The van der Waals surface area contributed by atoms with Crippen molar-refractivity contribution in [2.75, 3.05) is 31.7 Å². The molecule has 4 nitrogen and oxygen atoms in total. The SMILES string of the molecule is COc1ccc(OCc2ccccn2)c(CN2CCSCC2)c1. The van der Waals surface area contributed by atoms with Crippen LogP contribution in [-0.4, -0.2) is 41.6 Å². The molecule has 3 rings (SSSR count). The van der Waals surface area contributed by atoms with Crippen LogP contribution in [-0.2, 0) is 13.2 Å². The molecule has 1 aliphatic rings. The van der Waals surface area contributed by atoms with Crippen LogP contribution in [0.25, 0.3) is 0 Å². The predicted octanol–water partition coefficient (Wildman–Crippen LogP) is 3.22. The van der Waals surface area contributed by atoms with Gasteiger partial charge in [-0.05, 0) is 30.3 Å². The van der Waals surface area contributed by atoms with Crippen LogP contribution in [0.5, 0.6) is 11.5 Å². The second-order valence-electron chi connectivity index (χ2n) is 5.47. The van der Waals surface area contributed by atoms with E-state index in [-0.39, 0.29) is 0 Å². The van der Waals surface area contributed by atoms with Crippen molar-refractivity contribution in [2.45, 2.75) is 13.2 Å². The number of ether oxygens (including phenoxy) is 2. The molecular formula is C18H22N2O2S.